The number of nitrogen functional groups attached to an aromatic ring is 1. The van der Waals surface area contributed by atoms with Crippen LogP contribution < -0.4 is 16.8 Å². The van der Waals surface area contributed by atoms with Gasteiger partial charge in [-0.3, -0.25) is 10.2 Å². The number of amides is 1. The van der Waals surface area contributed by atoms with Gasteiger partial charge in [-0.05, 0) is 61.1 Å². The van der Waals surface area contributed by atoms with Gasteiger partial charge in [0.15, 0.2) is 0 Å². The topological polar surface area (TPSA) is 110 Å². The lowest BCUT2D eigenvalue weighted by Crippen LogP contribution is -2.41. The largest absolute Gasteiger partial charge is 0.384 e. The summed E-state index contributed by atoms with van der Waals surface area (Å²) in [5.41, 5.74) is 15.2. The summed E-state index contributed by atoms with van der Waals surface area (Å²) in [6.07, 6.45) is 3.67. The summed E-state index contributed by atoms with van der Waals surface area (Å²) in [6, 6.07) is 22.5. The Bertz CT molecular complexity index is 1380. The Labute approximate surface area is 199 Å². The van der Waals surface area contributed by atoms with Crippen molar-refractivity contribution < 1.29 is 4.79 Å². The van der Waals surface area contributed by atoms with Crippen LogP contribution in [0.4, 0.5) is 0 Å². The van der Waals surface area contributed by atoms with Crippen LogP contribution in [0.25, 0.3) is 21.7 Å². The molecule has 0 bridgehead atoms. The van der Waals surface area contributed by atoms with E-state index < -0.39 is 0 Å². The van der Waals surface area contributed by atoms with Crippen LogP contribution >= 0.6 is 0 Å². The zero-order valence-corrected chi connectivity index (χ0v) is 19.4. The van der Waals surface area contributed by atoms with E-state index in [2.05, 4.69) is 47.1 Å². The number of hydrogen-bond acceptors (Lipinski definition) is 3. The number of carbonyl (C=O) groups excluding carboxylic acids is 1. The fourth-order valence-corrected chi connectivity index (χ4v) is 5.26. The van der Waals surface area contributed by atoms with Crippen molar-refractivity contribution in [3.63, 3.8) is 0 Å². The van der Waals surface area contributed by atoms with Gasteiger partial charge in [0.2, 0.25) is 0 Å². The second-order valence-corrected chi connectivity index (χ2v) is 9.42. The van der Waals surface area contributed by atoms with E-state index >= 15 is 0 Å². The number of hydrogen-bond donors (Lipinski definition) is 4. The van der Waals surface area contributed by atoms with Gasteiger partial charge in [-0.1, -0.05) is 54.6 Å². The lowest BCUT2D eigenvalue weighted by atomic mass is 9.92. The maximum absolute atomic E-state index is 13.6. The normalized spacial score (nSPS) is 19.2. The molecule has 0 aliphatic heterocycles. The van der Waals surface area contributed by atoms with Crippen molar-refractivity contribution in [2.45, 2.75) is 50.7 Å². The minimum absolute atomic E-state index is 0.0111. The number of nitrogens with zero attached hydrogens (tertiary/aromatic N) is 1. The van der Waals surface area contributed by atoms with Gasteiger partial charge in [-0.15, -0.1) is 0 Å². The number of nitrogens with one attached hydrogen (secondary N) is 2. The summed E-state index contributed by atoms with van der Waals surface area (Å²) < 4.78 is 2.09. The molecule has 1 saturated carbocycles. The maximum Gasteiger partial charge on any atom is 0.268 e. The predicted octanol–water partition coefficient (Wildman–Crippen LogP) is 4.69. The molecule has 6 heteroatoms. The number of amidine groups is 1. The first-order valence-corrected chi connectivity index (χ1v) is 12.0. The van der Waals surface area contributed by atoms with Gasteiger partial charge in [0.1, 0.15) is 11.5 Å². The average molecular weight is 454 g/mol. The number of rotatable bonds is 5. The molecule has 1 aromatic heterocycles. The molecular weight excluding hydrogens is 422 g/mol. The maximum atomic E-state index is 13.6. The minimum Gasteiger partial charge on any atom is -0.384 e. The van der Waals surface area contributed by atoms with Crippen molar-refractivity contribution in [1.82, 2.24) is 9.88 Å². The molecular formula is C28H31N5O. The van der Waals surface area contributed by atoms with E-state index in [1.807, 2.05) is 36.4 Å². The van der Waals surface area contributed by atoms with Gasteiger partial charge in [-0.25, -0.2) is 0 Å². The monoisotopic (exact) mass is 453 g/mol. The highest BCUT2D eigenvalue weighted by Crippen LogP contribution is 2.33. The summed E-state index contributed by atoms with van der Waals surface area (Å²) in [7, 11) is 0. The zero-order chi connectivity index (χ0) is 23.8. The Kier molecular flexibility index (Phi) is 5.84. The van der Waals surface area contributed by atoms with E-state index in [0.29, 0.717) is 11.3 Å². The summed E-state index contributed by atoms with van der Waals surface area (Å²) in [4.78, 5) is 13.6. The van der Waals surface area contributed by atoms with Crippen LogP contribution in [0.1, 0.15) is 60.3 Å². The first-order chi connectivity index (χ1) is 16.4. The number of aromatic nitrogens is 1. The third-order valence-electron chi connectivity index (χ3n) is 7.15. The van der Waals surface area contributed by atoms with E-state index in [9.17, 15) is 4.79 Å². The first kappa shape index (κ1) is 22.2. The van der Waals surface area contributed by atoms with Crippen LogP contribution in [-0.2, 0) is 0 Å². The van der Waals surface area contributed by atoms with E-state index in [-0.39, 0.29) is 29.9 Å². The number of carbonyl (C=O) groups is 1. The van der Waals surface area contributed by atoms with Crippen LogP contribution in [0.2, 0.25) is 0 Å². The molecule has 1 fully saturated rings. The van der Waals surface area contributed by atoms with Crippen molar-refractivity contribution in [3.8, 4) is 0 Å². The second-order valence-electron chi connectivity index (χ2n) is 9.42. The van der Waals surface area contributed by atoms with Crippen molar-refractivity contribution in [2.75, 3.05) is 0 Å². The summed E-state index contributed by atoms with van der Waals surface area (Å²) in [5, 5.41) is 14.5. The standard InChI is InChI=1S/C28H31N5O/c1-17(23-8-4-6-18-5-2-3-7-24(18)23)33-25-16-20(27(30)31)10-9-19(25)15-26(33)28(34)32-22-13-11-21(29)12-14-22/h2-10,15-17,21-22H,11-14,29H2,1H3,(H3,30,31)(H,32,34)/t17-,21-,22-/m0/s1. The molecule has 0 spiro atoms. The average Bonchev–Trinajstić information content (AvgIpc) is 3.23. The van der Waals surface area contributed by atoms with E-state index in [4.69, 9.17) is 16.9 Å². The molecule has 5 rings (SSSR count). The van der Waals surface area contributed by atoms with Crippen molar-refractivity contribution >= 4 is 33.4 Å². The number of fused-ring (bicyclic) bond motifs is 2. The minimum atomic E-state index is -0.105. The molecule has 1 heterocycles. The molecule has 3 aromatic carbocycles. The van der Waals surface area contributed by atoms with Gasteiger partial charge in [0.05, 0.1) is 6.04 Å². The van der Waals surface area contributed by atoms with Crippen molar-refractivity contribution in [2.24, 2.45) is 11.5 Å². The van der Waals surface area contributed by atoms with Crippen molar-refractivity contribution in [1.29, 1.82) is 5.41 Å². The smallest absolute Gasteiger partial charge is 0.268 e. The molecule has 1 atom stereocenters. The third-order valence-corrected chi connectivity index (χ3v) is 7.15. The molecule has 4 aromatic rings. The third kappa shape index (κ3) is 4.05. The first-order valence-electron chi connectivity index (χ1n) is 12.0. The highest BCUT2D eigenvalue weighted by atomic mass is 16.2. The molecule has 0 radical (unpaired) electrons. The molecule has 0 saturated heterocycles. The lowest BCUT2D eigenvalue weighted by Gasteiger charge is -2.27. The SMILES string of the molecule is C[C@@H](c1cccc2ccccc12)n1c(C(=O)N[C@H]2CC[C@H](N)CC2)cc2ccc(C(=N)N)cc21. The Hall–Kier alpha value is -3.64. The van der Waals surface area contributed by atoms with Crippen LogP contribution in [0.5, 0.6) is 0 Å². The Morgan fingerprint density at radius 2 is 1.74 bits per heavy atom. The summed E-state index contributed by atoms with van der Waals surface area (Å²) in [5.74, 6) is -0.0647. The van der Waals surface area contributed by atoms with Crippen LogP contribution in [-0.4, -0.2) is 28.4 Å². The molecule has 34 heavy (non-hydrogen) atoms. The zero-order valence-electron chi connectivity index (χ0n) is 19.4. The number of nitrogens with two attached hydrogens (primary N) is 2. The fourth-order valence-electron chi connectivity index (χ4n) is 5.26. The van der Waals surface area contributed by atoms with Gasteiger partial charge >= 0.3 is 0 Å². The highest BCUT2D eigenvalue weighted by Gasteiger charge is 2.25. The van der Waals surface area contributed by atoms with Crippen molar-refractivity contribution in [3.05, 3.63) is 83.6 Å². The van der Waals surface area contributed by atoms with E-state index in [1.54, 1.807) is 0 Å². The van der Waals surface area contributed by atoms with Crippen LogP contribution in [0.3, 0.4) is 0 Å². The molecule has 1 aliphatic carbocycles. The van der Waals surface area contributed by atoms with Crippen LogP contribution in [0, 0.1) is 5.41 Å². The Morgan fingerprint density at radius 3 is 2.50 bits per heavy atom. The molecule has 0 unspecified atom stereocenters. The molecule has 6 nitrogen and oxygen atoms in total. The van der Waals surface area contributed by atoms with Gasteiger partial charge in [-0.2, -0.15) is 0 Å². The van der Waals surface area contributed by atoms with E-state index in [1.165, 1.54) is 0 Å². The van der Waals surface area contributed by atoms with Gasteiger partial charge in [0.25, 0.3) is 5.91 Å². The van der Waals surface area contributed by atoms with E-state index in [0.717, 1.165) is 52.9 Å². The summed E-state index contributed by atoms with van der Waals surface area (Å²) in [6.45, 7) is 2.12. The second kappa shape index (κ2) is 8.95. The molecule has 1 aliphatic rings. The Balaban J connectivity index is 1.62. The molecule has 6 N–H and O–H groups in total. The van der Waals surface area contributed by atoms with Gasteiger partial charge < -0.3 is 21.4 Å². The van der Waals surface area contributed by atoms with Crippen LogP contribution in [0.15, 0.2) is 66.7 Å². The Morgan fingerprint density at radius 1 is 1.00 bits per heavy atom. The quantitative estimate of drug-likeness (QED) is 0.260. The highest BCUT2D eigenvalue weighted by molar-refractivity contribution is 6.02. The number of benzene rings is 3. The summed E-state index contributed by atoms with van der Waals surface area (Å²) >= 11 is 0. The van der Waals surface area contributed by atoms with Gasteiger partial charge in [0, 0.05) is 28.6 Å². The fraction of sp³-hybridized carbons (Fsp3) is 0.286. The lowest BCUT2D eigenvalue weighted by molar-refractivity contribution is 0.0916. The molecule has 1 amide bonds. The molecule has 174 valence electrons. The predicted molar refractivity (Wildman–Crippen MR) is 138 cm³/mol.